The third-order valence-electron chi connectivity index (χ3n) is 6.85. The molecular weight excluding hydrogens is 336 g/mol. The van der Waals surface area contributed by atoms with Crippen molar-refractivity contribution in [2.75, 3.05) is 45.8 Å². The molecule has 5 heteroatoms. The van der Waals surface area contributed by atoms with Crippen molar-refractivity contribution in [2.45, 2.75) is 57.5 Å². The van der Waals surface area contributed by atoms with Crippen LogP contribution in [0.15, 0.2) is 24.5 Å². The number of nitrogens with zero attached hydrogens (tertiary/aromatic N) is 4. The molecule has 0 radical (unpaired) electrons. The van der Waals surface area contributed by atoms with E-state index in [2.05, 4.69) is 43.8 Å². The topological polar surface area (TPSA) is 31.7 Å². The summed E-state index contributed by atoms with van der Waals surface area (Å²) >= 11 is 0. The van der Waals surface area contributed by atoms with Gasteiger partial charge in [0.05, 0.1) is 5.92 Å². The van der Waals surface area contributed by atoms with Gasteiger partial charge in [0.25, 0.3) is 0 Å². The number of likely N-dealkylation sites (tertiary alicyclic amines) is 3. The minimum Gasteiger partial charge on any atom is -0.354 e. The van der Waals surface area contributed by atoms with Crippen LogP contribution in [-0.2, 0) is 11.3 Å². The Morgan fingerprint density at radius 1 is 0.852 bits per heavy atom. The molecule has 0 aromatic carbocycles. The van der Waals surface area contributed by atoms with E-state index in [0.717, 1.165) is 32.6 Å². The Balaban J connectivity index is 1.19. The number of hydrogen-bond donors (Lipinski definition) is 0. The molecule has 3 aliphatic heterocycles. The Labute approximate surface area is 164 Å². The van der Waals surface area contributed by atoms with E-state index in [1.54, 1.807) is 0 Å². The Kier molecular flexibility index (Phi) is 6.51. The molecule has 3 fully saturated rings. The number of aromatic nitrogens is 1. The highest BCUT2D eigenvalue weighted by molar-refractivity contribution is 5.79. The molecule has 0 unspecified atom stereocenters. The Morgan fingerprint density at radius 3 is 2.33 bits per heavy atom. The van der Waals surface area contributed by atoms with E-state index in [9.17, 15) is 4.79 Å². The molecule has 1 atom stereocenters. The molecule has 1 aromatic heterocycles. The summed E-state index contributed by atoms with van der Waals surface area (Å²) in [5.41, 5.74) is 0. The van der Waals surface area contributed by atoms with Crippen molar-refractivity contribution >= 4 is 5.91 Å². The van der Waals surface area contributed by atoms with Crippen LogP contribution in [-0.4, -0.2) is 77.0 Å². The van der Waals surface area contributed by atoms with Crippen molar-refractivity contribution in [1.29, 1.82) is 0 Å². The zero-order valence-electron chi connectivity index (χ0n) is 16.8. The molecule has 1 aromatic rings. The fourth-order valence-electron chi connectivity index (χ4n) is 5.24. The fraction of sp³-hybridized carbons (Fsp3) is 0.773. The van der Waals surface area contributed by atoms with Crippen LogP contribution in [0, 0.1) is 5.92 Å². The molecule has 1 amide bonds. The van der Waals surface area contributed by atoms with Gasteiger partial charge in [-0.25, -0.2) is 0 Å². The minimum absolute atomic E-state index is 0.261. The molecule has 0 N–H and O–H groups in total. The normalized spacial score (nSPS) is 25.9. The summed E-state index contributed by atoms with van der Waals surface area (Å²) in [6.45, 7) is 8.97. The van der Waals surface area contributed by atoms with Gasteiger partial charge < -0.3 is 14.4 Å². The molecule has 3 saturated heterocycles. The zero-order chi connectivity index (χ0) is 18.5. The van der Waals surface area contributed by atoms with E-state index in [-0.39, 0.29) is 5.92 Å². The summed E-state index contributed by atoms with van der Waals surface area (Å²) < 4.78 is 2.28. The number of amides is 1. The zero-order valence-corrected chi connectivity index (χ0v) is 16.8. The average molecular weight is 373 g/mol. The maximum absolute atomic E-state index is 12.8. The lowest BCUT2D eigenvalue weighted by atomic mass is 9.93. The highest BCUT2D eigenvalue weighted by Gasteiger charge is 2.34. The fourth-order valence-corrected chi connectivity index (χ4v) is 5.24. The van der Waals surface area contributed by atoms with Crippen molar-refractivity contribution in [1.82, 2.24) is 19.3 Å². The molecule has 5 nitrogen and oxygen atoms in total. The van der Waals surface area contributed by atoms with Gasteiger partial charge in [0.15, 0.2) is 0 Å². The van der Waals surface area contributed by atoms with E-state index in [0.29, 0.717) is 11.9 Å². The van der Waals surface area contributed by atoms with Gasteiger partial charge >= 0.3 is 0 Å². The van der Waals surface area contributed by atoms with Gasteiger partial charge in [0.1, 0.15) is 0 Å². The molecule has 0 spiro atoms. The predicted molar refractivity (Wildman–Crippen MR) is 109 cm³/mol. The van der Waals surface area contributed by atoms with Crippen LogP contribution >= 0.6 is 0 Å². The number of rotatable bonds is 6. The van der Waals surface area contributed by atoms with Crippen LogP contribution in [0.5, 0.6) is 0 Å². The third kappa shape index (κ3) is 4.94. The maximum Gasteiger partial charge on any atom is 0.226 e. The molecule has 27 heavy (non-hydrogen) atoms. The van der Waals surface area contributed by atoms with Crippen LogP contribution in [0.25, 0.3) is 0 Å². The van der Waals surface area contributed by atoms with E-state index in [1.807, 2.05) is 0 Å². The smallest absolute Gasteiger partial charge is 0.226 e. The van der Waals surface area contributed by atoms with Crippen LogP contribution in [0.3, 0.4) is 0 Å². The lowest BCUT2D eigenvalue weighted by Gasteiger charge is -2.42. The second-order valence-corrected chi connectivity index (χ2v) is 8.71. The minimum atomic E-state index is 0.261. The highest BCUT2D eigenvalue weighted by Crippen LogP contribution is 2.26. The van der Waals surface area contributed by atoms with Crippen LogP contribution in [0.2, 0.25) is 0 Å². The summed E-state index contributed by atoms with van der Waals surface area (Å²) in [6, 6.07) is 4.90. The van der Waals surface area contributed by atoms with E-state index in [4.69, 9.17) is 0 Å². The monoisotopic (exact) mass is 372 g/mol. The number of aryl methyl sites for hydroxylation is 1. The molecule has 3 aliphatic rings. The summed E-state index contributed by atoms with van der Waals surface area (Å²) in [7, 11) is 0. The van der Waals surface area contributed by atoms with Crippen molar-refractivity contribution in [2.24, 2.45) is 5.92 Å². The Morgan fingerprint density at radius 2 is 1.59 bits per heavy atom. The van der Waals surface area contributed by atoms with E-state index in [1.165, 1.54) is 64.7 Å². The van der Waals surface area contributed by atoms with Crippen molar-refractivity contribution < 1.29 is 4.79 Å². The number of hydrogen-bond acceptors (Lipinski definition) is 3. The first-order chi connectivity index (χ1) is 13.3. The average Bonchev–Trinajstić information content (AvgIpc) is 3.42. The molecule has 0 saturated carbocycles. The molecule has 4 heterocycles. The van der Waals surface area contributed by atoms with Crippen molar-refractivity contribution in [3.05, 3.63) is 24.5 Å². The molecule has 0 aliphatic carbocycles. The van der Waals surface area contributed by atoms with Gasteiger partial charge in [0.2, 0.25) is 5.91 Å². The first kappa shape index (κ1) is 19.0. The molecule has 4 rings (SSSR count). The molecule has 0 bridgehead atoms. The summed E-state index contributed by atoms with van der Waals surface area (Å²) in [5.74, 6) is 0.705. The number of piperidine rings is 2. The molecular formula is C22H36N4O. The standard InChI is InChI=1S/C22H36N4O/c27-22(25-14-3-4-15-25)20-7-5-16-26(19-20)21-8-17-24(18-9-21)13-6-12-23-10-1-2-11-23/h1-2,10-11,20-21H,3-9,12-19H2/t20-/m1/s1. The van der Waals surface area contributed by atoms with Crippen molar-refractivity contribution in [3.8, 4) is 0 Å². The van der Waals surface area contributed by atoms with E-state index < -0.39 is 0 Å². The Hall–Kier alpha value is -1.33. The van der Waals surface area contributed by atoms with Gasteiger partial charge in [-0.1, -0.05) is 0 Å². The quantitative estimate of drug-likeness (QED) is 0.769. The Bertz CT molecular complexity index is 573. The van der Waals surface area contributed by atoms with Gasteiger partial charge in [-0.2, -0.15) is 0 Å². The maximum atomic E-state index is 12.8. The lowest BCUT2D eigenvalue weighted by molar-refractivity contribution is -0.136. The highest BCUT2D eigenvalue weighted by atomic mass is 16.2. The van der Waals surface area contributed by atoms with Gasteiger partial charge in [-0.15, -0.1) is 0 Å². The second-order valence-electron chi connectivity index (χ2n) is 8.71. The van der Waals surface area contributed by atoms with Gasteiger partial charge in [-0.3, -0.25) is 9.69 Å². The summed E-state index contributed by atoms with van der Waals surface area (Å²) in [6.07, 6.45) is 12.8. The van der Waals surface area contributed by atoms with Gasteiger partial charge in [0, 0.05) is 44.6 Å². The second kappa shape index (κ2) is 9.24. The van der Waals surface area contributed by atoms with Crippen LogP contribution < -0.4 is 0 Å². The molecule has 150 valence electrons. The van der Waals surface area contributed by atoms with Crippen LogP contribution in [0.1, 0.15) is 44.9 Å². The van der Waals surface area contributed by atoms with Crippen LogP contribution in [0.4, 0.5) is 0 Å². The predicted octanol–water partition coefficient (Wildman–Crippen LogP) is 2.68. The number of carbonyl (C=O) groups excluding carboxylic acids is 1. The summed E-state index contributed by atoms with van der Waals surface area (Å²) in [5, 5.41) is 0. The first-order valence-electron chi connectivity index (χ1n) is 11.2. The first-order valence-corrected chi connectivity index (χ1v) is 11.2. The number of carbonyl (C=O) groups is 1. The van der Waals surface area contributed by atoms with Crippen molar-refractivity contribution in [3.63, 3.8) is 0 Å². The lowest BCUT2D eigenvalue weighted by Crippen LogP contribution is -2.51. The van der Waals surface area contributed by atoms with Gasteiger partial charge in [-0.05, 0) is 83.3 Å². The summed E-state index contributed by atoms with van der Waals surface area (Å²) in [4.78, 5) is 20.2. The van der Waals surface area contributed by atoms with E-state index >= 15 is 0 Å². The third-order valence-corrected chi connectivity index (χ3v) is 6.85. The SMILES string of the molecule is O=C([C@@H]1CCCN(C2CCN(CCCn3cccc3)CC2)C1)N1CCCC1. The largest absolute Gasteiger partial charge is 0.354 e.